The van der Waals surface area contributed by atoms with Crippen LogP contribution in [0.5, 0.6) is 0 Å². The number of rotatable bonds is 6. The summed E-state index contributed by atoms with van der Waals surface area (Å²) >= 11 is 3.71. The third-order valence-electron chi connectivity index (χ3n) is 4.55. The van der Waals surface area contributed by atoms with Gasteiger partial charge in [0.15, 0.2) is 0 Å². The molecule has 1 heterocycles. The van der Waals surface area contributed by atoms with Crippen LogP contribution in [0.3, 0.4) is 0 Å². The Morgan fingerprint density at radius 3 is 2.86 bits per heavy atom. The van der Waals surface area contributed by atoms with Crippen LogP contribution in [0.4, 0.5) is 5.69 Å². The number of nitrogens with zero attached hydrogens (tertiary/aromatic N) is 1. The lowest BCUT2D eigenvalue weighted by Crippen LogP contribution is -2.35. The van der Waals surface area contributed by atoms with E-state index in [-0.39, 0.29) is 12.6 Å². The van der Waals surface area contributed by atoms with Crippen molar-refractivity contribution in [1.29, 1.82) is 0 Å². The summed E-state index contributed by atoms with van der Waals surface area (Å²) in [4.78, 5) is 2.34. The van der Waals surface area contributed by atoms with Gasteiger partial charge in [0.2, 0.25) is 0 Å². The first kappa shape index (κ1) is 16.8. The molecule has 118 valence electrons. The van der Waals surface area contributed by atoms with Gasteiger partial charge < -0.3 is 15.3 Å². The summed E-state index contributed by atoms with van der Waals surface area (Å²) in [5.41, 5.74) is 2.50. The molecule has 3 atom stereocenters. The second kappa shape index (κ2) is 7.61. The average molecular weight is 355 g/mol. The topological polar surface area (TPSA) is 35.5 Å². The molecular weight excluding hydrogens is 328 g/mol. The summed E-state index contributed by atoms with van der Waals surface area (Å²) in [6.45, 7) is 8.90. The third kappa shape index (κ3) is 3.79. The molecular formula is C17H27BrN2O. The van der Waals surface area contributed by atoms with Crippen LogP contribution in [0.1, 0.15) is 45.2 Å². The van der Waals surface area contributed by atoms with Gasteiger partial charge in [0.1, 0.15) is 0 Å². The van der Waals surface area contributed by atoms with Gasteiger partial charge in [-0.1, -0.05) is 35.8 Å². The van der Waals surface area contributed by atoms with E-state index in [1.165, 1.54) is 11.3 Å². The van der Waals surface area contributed by atoms with Gasteiger partial charge in [0.25, 0.3) is 0 Å². The minimum atomic E-state index is 0.231. The molecule has 0 aliphatic carbocycles. The van der Waals surface area contributed by atoms with E-state index in [9.17, 15) is 5.11 Å². The van der Waals surface area contributed by atoms with E-state index < -0.39 is 0 Å². The van der Waals surface area contributed by atoms with Gasteiger partial charge in [-0.3, -0.25) is 0 Å². The molecule has 0 aromatic heterocycles. The van der Waals surface area contributed by atoms with Crippen LogP contribution in [0.15, 0.2) is 22.7 Å². The van der Waals surface area contributed by atoms with Crippen molar-refractivity contribution >= 4 is 21.6 Å². The van der Waals surface area contributed by atoms with Crippen LogP contribution in [0, 0.1) is 5.92 Å². The normalized spacial score (nSPS) is 23.6. The Bertz CT molecular complexity index is 466. The summed E-state index contributed by atoms with van der Waals surface area (Å²) < 4.78 is 1.15. The van der Waals surface area contributed by atoms with Gasteiger partial charge >= 0.3 is 0 Å². The summed E-state index contributed by atoms with van der Waals surface area (Å²) in [6.07, 6.45) is 2.29. The van der Waals surface area contributed by atoms with Crippen molar-refractivity contribution in [3.63, 3.8) is 0 Å². The van der Waals surface area contributed by atoms with E-state index in [2.05, 4.69) is 65.1 Å². The average Bonchev–Trinajstić information content (AvgIpc) is 2.85. The number of hydrogen-bond donors (Lipinski definition) is 2. The molecule has 0 amide bonds. The molecule has 1 saturated heterocycles. The molecule has 1 aliphatic heterocycles. The number of benzene rings is 1. The van der Waals surface area contributed by atoms with Gasteiger partial charge in [-0.25, -0.2) is 0 Å². The highest BCUT2D eigenvalue weighted by atomic mass is 79.9. The Hall–Kier alpha value is -0.580. The van der Waals surface area contributed by atoms with Crippen LogP contribution >= 0.6 is 15.9 Å². The van der Waals surface area contributed by atoms with Gasteiger partial charge in [0.05, 0.1) is 12.6 Å². The fraction of sp³-hybridized carbons (Fsp3) is 0.647. The van der Waals surface area contributed by atoms with Gasteiger partial charge in [0, 0.05) is 22.7 Å². The maximum absolute atomic E-state index is 9.61. The molecule has 3 unspecified atom stereocenters. The monoisotopic (exact) mass is 354 g/mol. The molecule has 1 aliphatic rings. The van der Waals surface area contributed by atoms with Crippen molar-refractivity contribution < 1.29 is 5.11 Å². The van der Waals surface area contributed by atoms with E-state index in [0.29, 0.717) is 12.0 Å². The van der Waals surface area contributed by atoms with E-state index in [0.717, 1.165) is 30.4 Å². The maximum atomic E-state index is 9.61. The SMILES string of the molecule is CCCNC(C)c1ccc(N2CCC(C)C2CO)cc1Br. The van der Waals surface area contributed by atoms with Gasteiger partial charge in [-0.15, -0.1) is 0 Å². The molecule has 21 heavy (non-hydrogen) atoms. The fourth-order valence-electron chi connectivity index (χ4n) is 3.12. The summed E-state index contributed by atoms with van der Waals surface area (Å²) in [5.74, 6) is 0.554. The molecule has 1 aromatic carbocycles. The van der Waals surface area contributed by atoms with Crippen LogP contribution < -0.4 is 10.2 Å². The zero-order valence-electron chi connectivity index (χ0n) is 13.3. The predicted molar refractivity (Wildman–Crippen MR) is 92.9 cm³/mol. The van der Waals surface area contributed by atoms with Crippen LogP contribution in [-0.2, 0) is 0 Å². The van der Waals surface area contributed by atoms with E-state index in [1.54, 1.807) is 0 Å². The highest BCUT2D eigenvalue weighted by Crippen LogP contribution is 2.33. The van der Waals surface area contributed by atoms with Crippen LogP contribution in [0.25, 0.3) is 0 Å². The van der Waals surface area contributed by atoms with E-state index >= 15 is 0 Å². The maximum Gasteiger partial charge on any atom is 0.0637 e. The first-order chi connectivity index (χ1) is 10.1. The smallest absolute Gasteiger partial charge is 0.0637 e. The summed E-state index contributed by atoms with van der Waals surface area (Å²) in [7, 11) is 0. The second-order valence-electron chi connectivity index (χ2n) is 6.09. The number of anilines is 1. The molecule has 2 N–H and O–H groups in total. The lowest BCUT2D eigenvalue weighted by Gasteiger charge is -2.28. The van der Waals surface area contributed by atoms with Crippen LogP contribution in [-0.4, -0.2) is 30.8 Å². The Balaban J connectivity index is 2.15. The lowest BCUT2D eigenvalue weighted by atomic mass is 10.0. The highest BCUT2D eigenvalue weighted by Gasteiger charge is 2.30. The van der Waals surface area contributed by atoms with Crippen molar-refractivity contribution in [1.82, 2.24) is 5.32 Å². The van der Waals surface area contributed by atoms with Crippen molar-refractivity contribution in [3.05, 3.63) is 28.2 Å². The minimum Gasteiger partial charge on any atom is -0.394 e. The standard InChI is InChI=1S/C17H27BrN2O/c1-4-8-19-13(3)15-6-5-14(10-16(15)18)20-9-7-12(2)17(20)11-21/h5-6,10,12-13,17,19,21H,4,7-9,11H2,1-3H3. The van der Waals surface area contributed by atoms with Crippen molar-refractivity contribution in [3.8, 4) is 0 Å². The van der Waals surface area contributed by atoms with Crippen molar-refractivity contribution in [2.45, 2.75) is 45.7 Å². The Morgan fingerprint density at radius 2 is 2.24 bits per heavy atom. The molecule has 2 rings (SSSR count). The zero-order valence-corrected chi connectivity index (χ0v) is 14.9. The highest BCUT2D eigenvalue weighted by molar-refractivity contribution is 9.10. The number of hydrogen-bond acceptors (Lipinski definition) is 3. The second-order valence-corrected chi connectivity index (χ2v) is 6.95. The zero-order chi connectivity index (χ0) is 15.4. The number of aliphatic hydroxyl groups excluding tert-OH is 1. The Kier molecular flexibility index (Phi) is 6.08. The Morgan fingerprint density at radius 1 is 1.48 bits per heavy atom. The molecule has 1 fully saturated rings. The first-order valence-corrected chi connectivity index (χ1v) is 8.78. The van der Waals surface area contributed by atoms with E-state index in [1.807, 2.05) is 0 Å². The molecule has 3 nitrogen and oxygen atoms in total. The number of nitrogens with one attached hydrogen (secondary N) is 1. The first-order valence-electron chi connectivity index (χ1n) is 7.98. The Labute approximate surface area is 136 Å². The summed E-state index contributed by atoms with van der Waals surface area (Å²) in [5, 5.41) is 13.1. The van der Waals surface area contributed by atoms with E-state index in [4.69, 9.17) is 0 Å². The van der Waals surface area contributed by atoms with Crippen molar-refractivity contribution in [2.75, 3.05) is 24.6 Å². The molecule has 0 spiro atoms. The number of aliphatic hydroxyl groups is 1. The van der Waals surface area contributed by atoms with Crippen LogP contribution in [0.2, 0.25) is 0 Å². The lowest BCUT2D eigenvalue weighted by molar-refractivity contribution is 0.245. The summed E-state index contributed by atoms with van der Waals surface area (Å²) in [6, 6.07) is 7.17. The van der Waals surface area contributed by atoms with Crippen molar-refractivity contribution in [2.24, 2.45) is 5.92 Å². The predicted octanol–water partition coefficient (Wildman–Crippen LogP) is 3.72. The minimum absolute atomic E-state index is 0.231. The van der Waals surface area contributed by atoms with Gasteiger partial charge in [-0.05, 0) is 49.9 Å². The molecule has 0 bridgehead atoms. The molecule has 4 heteroatoms. The molecule has 0 radical (unpaired) electrons. The largest absolute Gasteiger partial charge is 0.394 e. The molecule has 1 aromatic rings. The third-order valence-corrected chi connectivity index (χ3v) is 5.24. The number of halogens is 1. The molecule has 0 saturated carbocycles. The van der Waals surface area contributed by atoms with Gasteiger partial charge in [-0.2, -0.15) is 0 Å². The quantitative estimate of drug-likeness (QED) is 0.817. The fourth-order valence-corrected chi connectivity index (χ4v) is 3.83.